The zero-order valence-corrected chi connectivity index (χ0v) is 8.02. The molecule has 0 aliphatic heterocycles. The maximum Gasteiger partial charge on any atom is 0.306 e. The number of carbonyl (C=O) groups is 1. The van der Waals surface area contributed by atoms with Crippen LogP contribution in [0.1, 0.15) is 6.42 Å². The molecule has 1 N–H and O–H groups in total. The van der Waals surface area contributed by atoms with Gasteiger partial charge in [-0.1, -0.05) is 6.07 Å². The molecule has 15 heavy (non-hydrogen) atoms. The van der Waals surface area contributed by atoms with Crippen LogP contribution in [-0.2, 0) is 4.79 Å². The normalized spacial score (nSPS) is 23.5. The third kappa shape index (κ3) is 2.46. The molecule has 2 unspecified atom stereocenters. The largest absolute Gasteiger partial charge is 0.493 e. The van der Waals surface area contributed by atoms with Gasteiger partial charge in [0.05, 0.1) is 12.5 Å². The summed E-state index contributed by atoms with van der Waals surface area (Å²) in [7, 11) is 0. The fourth-order valence-electron chi connectivity index (χ4n) is 1.49. The van der Waals surface area contributed by atoms with Crippen LogP contribution in [0.4, 0.5) is 4.39 Å². The van der Waals surface area contributed by atoms with Crippen LogP contribution < -0.4 is 4.74 Å². The van der Waals surface area contributed by atoms with Crippen molar-refractivity contribution in [2.45, 2.75) is 6.42 Å². The summed E-state index contributed by atoms with van der Waals surface area (Å²) in [6.45, 7) is 0.348. The summed E-state index contributed by atoms with van der Waals surface area (Å²) in [5.41, 5.74) is 0. The smallest absolute Gasteiger partial charge is 0.306 e. The number of carboxylic acid groups (broad SMARTS) is 1. The van der Waals surface area contributed by atoms with E-state index < -0.39 is 5.97 Å². The average Bonchev–Trinajstić information content (AvgIpc) is 2.94. The van der Waals surface area contributed by atoms with Crippen LogP contribution in [0.25, 0.3) is 0 Å². The van der Waals surface area contributed by atoms with Gasteiger partial charge in [-0.05, 0) is 18.6 Å². The van der Waals surface area contributed by atoms with Gasteiger partial charge in [0.2, 0.25) is 0 Å². The van der Waals surface area contributed by atoms with Gasteiger partial charge in [-0.3, -0.25) is 4.79 Å². The molecular weight excluding hydrogens is 199 g/mol. The third-order valence-electron chi connectivity index (χ3n) is 2.50. The zero-order valence-electron chi connectivity index (χ0n) is 8.02. The van der Waals surface area contributed by atoms with Crippen LogP contribution in [0.2, 0.25) is 0 Å². The monoisotopic (exact) mass is 210 g/mol. The Morgan fingerprint density at radius 2 is 2.40 bits per heavy atom. The van der Waals surface area contributed by atoms with Crippen LogP contribution in [0.15, 0.2) is 24.3 Å². The Morgan fingerprint density at radius 1 is 1.60 bits per heavy atom. The van der Waals surface area contributed by atoms with E-state index in [0.29, 0.717) is 18.8 Å². The van der Waals surface area contributed by atoms with Crippen molar-refractivity contribution in [3.05, 3.63) is 30.1 Å². The second-order valence-corrected chi connectivity index (χ2v) is 3.71. The fraction of sp³-hybridized carbons (Fsp3) is 0.364. The van der Waals surface area contributed by atoms with E-state index in [4.69, 9.17) is 9.84 Å². The third-order valence-corrected chi connectivity index (χ3v) is 2.50. The topological polar surface area (TPSA) is 46.5 Å². The maximum absolute atomic E-state index is 12.7. The minimum atomic E-state index is -0.775. The number of hydrogen-bond acceptors (Lipinski definition) is 2. The molecule has 0 radical (unpaired) electrons. The first kappa shape index (κ1) is 9.96. The van der Waals surface area contributed by atoms with E-state index in [1.54, 1.807) is 12.1 Å². The summed E-state index contributed by atoms with van der Waals surface area (Å²) in [6, 6.07) is 5.84. The van der Waals surface area contributed by atoms with E-state index >= 15 is 0 Å². The van der Waals surface area contributed by atoms with Crippen molar-refractivity contribution in [2.24, 2.45) is 11.8 Å². The highest BCUT2D eigenvalue weighted by atomic mass is 19.1. The molecule has 0 amide bonds. The van der Waals surface area contributed by atoms with Crippen molar-refractivity contribution >= 4 is 5.97 Å². The van der Waals surface area contributed by atoms with Crippen LogP contribution in [0, 0.1) is 17.7 Å². The van der Waals surface area contributed by atoms with Crippen molar-refractivity contribution in [3.63, 3.8) is 0 Å². The summed E-state index contributed by atoms with van der Waals surface area (Å²) in [5.74, 6) is -0.878. The summed E-state index contributed by atoms with van der Waals surface area (Å²) in [4.78, 5) is 10.5. The van der Waals surface area contributed by atoms with Crippen LogP contribution in [-0.4, -0.2) is 17.7 Å². The number of rotatable bonds is 4. The Balaban J connectivity index is 1.82. The number of halogens is 1. The van der Waals surface area contributed by atoms with Gasteiger partial charge < -0.3 is 9.84 Å². The molecule has 2 atom stereocenters. The van der Waals surface area contributed by atoms with E-state index in [1.807, 2.05) is 0 Å². The lowest BCUT2D eigenvalue weighted by Gasteiger charge is -2.04. The Bertz CT molecular complexity index is 378. The number of benzene rings is 1. The highest BCUT2D eigenvalue weighted by Crippen LogP contribution is 2.38. The van der Waals surface area contributed by atoms with E-state index in [1.165, 1.54) is 12.1 Å². The average molecular weight is 210 g/mol. The van der Waals surface area contributed by atoms with Crippen molar-refractivity contribution < 1.29 is 19.0 Å². The summed E-state index contributed by atoms with van der Waals surface area (Å²) < 4.78 is 18.0. The lowest BCUT2D eigenvalue weighted by molar-refractivity contribution is -0.138. The van der Waals surface area contributed by atoms with Crippen molar-refractivity contribution in [2.75, 3.05) is 6.61 Å². The first-order chi connectivity index (χ1) is 7.16. The fourth-order valence-corrected chi connectivity index (χ4v) is 1.49. The number of aliphatic carboxylic acids is 1. The Morgan fingerprint density at radius 3 is 3.00 bits per heavy atom. The van der Waals surface area contributed by atoms with E-state index in [2.05, 4.69) is 0 Å². The molecule has 0 heterocycles. The molecule has 2 rings (SSSR count). The minimum Gasteiger partial charge on any atom is -0.493 e. The minimum absolute atomic E-state index is 0.0748. The molecule has 0 saturated heterocycles. The van der Waals surface area contributed by atoms with Crippen molar-refractivity contribution in [1.29, 1.82) is 0 Å². The summed E-state index contributed by atoms with van der Waals surface area (Å²) >= 11 is 0. The van der Waals surface area contributed by atoms with E-state index in [9.17, 15) is 9.18 Å². The zero-order chi connectivity index (χ0) is 10.8. The molecule has 1 aromatic rings. The second kappa shape index (κ2) is 3.88. The van der Waals surface area contributed by atoms with Crippen LogP contribution in [0.3, 0.4) is 0 Å². The van der Waals surface area contributed by atoms with Gasteiger partial charge in [-0.2, -0.15) is 0 Å². The highest BCUT2D eigenvalue weighted by molar-refractivity contribution is 5.73. The molecule has 1 fully saturated rings. The van der Waals surface area contributed by atoms with Crippen LogP contribution in [0.5, 0.6) is 5.75 Å². The van der Waals surface area contributed by atoms with Gasteiger partial charge in [0.25, 0.3) is 0 Å². The highest BCUT2D eigenvalue weighted by Gasteiger charge is 2.43. The maximum atomic E-state index is 12.7. The standard InChI is InChI=1S/C11H11FO3/c12-8-2-1-3-9(5-8)15-6-7-4-10(7)11(13)14/h1-3,5,7,10H,4,6H2,(H,13,14). The van der Waals surface area contributed by atoms with Crippen molar-refractivity contribution in [3.8, 4) is 5.75 Å². The van der Waals surface area contributed by atoms with Crippen molar-refractivity contribution in [1.82, 2.24) is 0 Å². The quantitative estimate of drug-likeness (QED) is 0.825. The number of hydrogen-bond donors (Lipinski definition) is 1. The summed E-state index contributed by atoms with van der Waals surface area (Å²) in [5, 5.41) is 8.65. The predicted molar refractivity (Wildman–Crippen MR) is 51.1 cm³/mol. The second-order valence-electron chi connectivity index (χ2n) is 3.71. The predicted octanol–water partition coefficient (Wildman–Crippen LogP) is 1.93. The van der Waals surface area contributed by atoms with Gasteiger partial charge in [-0.15, -0.1) is 0 Å². The van der Waals surface area contributed by atoms with Gasteiger partial charge >= 0.3 is 5.97 Å². The molecule has 4 heteroatoms. The number of ether oxygens (including phenoxy) is 1. The first-order valence-electron chi connectivity index (χ1n) is 4.78. The number of carboxylic acids is 1. The lowest BCUT2D eigenvalue weighted by atomic mass is 10.3. The molecule has 0 spiro atoms. The van der Waals surface area contributed by atoms with Crippen LogP contribution >= 0.6 is 0 Å². The Kier molecular flexibility index (Phi) is 2.58. The lowest BCUT2D eigenvalue weighted by Crippen LogP contribution is -2.06. The molecule has 1 aliphatic carbocycles. The van der Waals surface area contributed by atoms with Gasteiger partial charge in [-0.25, -0.2) is 4.39 Å². The Hall–Kier alpha value is -1.58. The molecule has 0 bridgehead atoms. The molecule has 0 aromatic heterocycles. The van der Waals surface area contributed by atoms with Gasteiger partial charge in [0, 0.05) is 12.0 Å². The Labute approximate surface area is 86.5 Å². The van der Waals surface area contributed by atoms with E-state index in [-0.39, 0.29) is 17.7 Å². The van der Waals surface area contributed by atoms with Gasteiger partial charge in [0.1, 0.15) is 11.6 Å². The molecular formula is C11H11FO3. The first-order valence-corrected chi connectivity index (χ1v) is 4.78. The summed E-state index contributed by atoms with van der Waals surface area (Å²) in [6.07, 6.45) is 0.657. The van der Waals surface area contributed by atoms with E-state index in [0.717, 1.165) is 0 Å². The molecule has 1 aromatic carbocycles. The molecule has 80 valence electrons. The SMILES string of the molecule is O=C(O)C1CC1COc1cccc(F)c1. The van der Waals surface area contributed by atoms with Gasteiger partial charge in [0.15, 0.2) is 0 Å². The molecule has 3 nitrogen and oxygen atoms in total. The molecule has 1 aliphatic rings. The molecule has 1 saturated carbocycles.